The van der Waals surface area contributed by atoms with Crippen LogP contribution in [0.15, 0.2) is 91.0 Å². The molecule has 4 heteroatoms. The average molecular weight is 626 g/mol. The number of hydrogen-bond acceptors (Lipinski definition) is 1. The Morgan fingerprint density at radius 2 is 1.30 bits per heavy atom. The number of fused-ring (bicyclic) bond motifs is 4. The van der Waals surface area contributed by atoms with Crippen molar-refractivity contribution in [3.63, 3.8) is 0 Å². The molecule has 0 saturated carbocycles. The summed E-state index contributed by atoms with van der Waals surface area (Å²) in [5, 5.41) is 2.49. The molecule has 232 valence electrons. The summed E-state index contributed by atoms with van der Waals surface area (Å²) in [4.78, 5) is 0. The second kappa shape index (κ2) is 11.5. The van der Waals surface area contributed by atoms with Gasteiger partial charge >= 0.3 is 0 Å². The number of imidazole rings is 1. The van der Waals surface area contributed by atoms with Crippen LogP contribution in [0.25, 0.3) is 59.4 Å². The van der Waals surface area contributed by atoms with Gasteiger partial charge in [0.2, 0.25) is 0 Å². The SMILES string of the molecule is Cc1cc2sc3ccc(-c4ccc(F)cc4)cc3c2cc1-c1n(-c2c(C(C)C)cc(C(C)C)cc2C(C)C)c2ccccc2[n+]1C. The summed E-state index contributed by atoms with van der Waals surface area (Å²) in [5.41, 5.74) is 12.5. The molecule has 0 aliphatic heterocycles. The van der Waals surface area contributed by atoms with Gasteiger partial charge in [-0.3, -0.25) is 0 Å². The molecule has 0 radical (unpaired) electrons. The molecule has 7 aromatic rings. The zero-order chi connectivity index (χ0) is 32.4. The minimum atomic E-state index is -0.214. The first-order valence-electron chi connectivity index (χ1n) is 16.4. The van der Waals surface area contributed by atoms with Crippen molar-refractivity contribution in [3.8, 4) is 28.2 Å². The van der Waals surface area contributed by atoms with Gasteiger partial charge in [-0.2, -0.15) is 4.57 Å². The Kier molecular flexibility index (Phi) is 7.60. The topological polar surface area (TPSA) is 8.81 Å². The van der Waals surface area contributed by atoms with Crippen molar-refractivity contribution >= 4 is 42.5 Å². The summed E-state index contributed by atoms with van der Waals surface area (Å²) in [5.74, 6) is 2.15. The van der Waals surface area contributed by atoms with E-state index in [1.165, 1.54) is 82.7 Å². The highest BCUT2D eigenvalue weighted by molar-refractivity contribution is 7.25. The maximum atomic E-state index is 13.7. The van der Waals surface area contributed by atoms with Crippen molar-refractivity contribution in [2.75, 3.05) is 0 Å². The number of para-hydroxylation sites is 2. The van der Waals surface area contributed by atoms with Gasteiger partial charge in [0, 0.05) is 31.3 Å². The van der Waals surface area contributed by atoms with E-state index in [9.17, 15) is 4.39 Å². The molecule has 0 unspecified atom stereocenters. The number of thiophene rings is 1. The number of aromatic nitrogens is 2. The first kappa shape index (κ1) is 30.4. The highest BCUT2D eigenvalue weighted by Gasteiger charge is 2.32. The average Bonchev–Trinajstić information content (AvgIpc) is 3.53. The van der Waals surface area contributed by atoms with E-state index in [1.54, 1.807) is 0 Å². The molecule has 5 aromatic carbocycles. The molecule has 0 fully saturated rings. The largest absolute Gasteiger partial charge is 0.295 e. The Morgan fingerprint density at radius 1 is 0.674 bits per heavy atom. The second-order valence-electron chi connectivity index (χ2n) is 13.7. The van der Waals surface area contributed by atoms with Crippen molar-refractivity contribution in [2.45, 2.75) is 66.2 Å². The minimum absolute atomic E-state index is 0.214. The molecule has 0 spiro atoms. The standard InChI is InChI=1S/C42H42FN2S/c1-24(2)30-21-32(25(3)4)41(33(22-30)26(5)6)45-38-12-10-9-11-37(38)44(8)42(45)34-23-36-35-20-29(28-13-16-31(43)17-14-28)15-18-39(35)46-40(36)19-27(34)7/h9-26H,1-8H3/q+1. The summed E-state index contributed by atoms with van der Waals surface area (Å²) in [6.45, 7) is 16.1. The van der Waals surface area contributed by atoms with Crippen LogP contribution in [-0.2, 0) is 7.05 Å². The van der Waals surface area contributed by atoms with Crippen LogP contribution in [0, 0.1) is 12.7 Å². The maximum Gasteiger partial charge on any atom is 0.295 e. The molecule has 0 aliphatic carbocycles. The normalized spacial score (nSPS) is 12.2. The van der Waals surface area contributed by atoms with Crippen molar-refractivity contribution < 1.29 is 8.96 Å². The van der Waals surface area contributed by atoms with Crippen LogP contribution in [0.1, 0.15) is 81.5 Å². The van der Waals surface area contributed by atoms with E-state index in [0.717, 1.165) is 11.1 Å². The predicted octanol–water partition coefficient (Wildman–Crippen LogP) is 12.0. The lowest BCUT2D eigenvalue weighted by Gasteiger charge is -2.21. The molecule has 46 heavy (non-hydrogen) atoms. The molecule has 0 atom stereocenters. The molecule has 2 aromatic heterocycles. The third-order valence-corrected chi connectivity index (χ3v) is 10.7. The first-order chi connectivity index (χ1) is 22.0. The van der Waals surface area contributed by atoms with Gasteiger partial charge in [-0.05, 0) is 95.5 Å². The fourth-order valence-corrected chi connectivity index (χ4v) is 8.17. The van der Waals surface area contributed by atoms with Crippen LogP contribution < -0.4 is 4.57 Å². The van der Waals surface area contributed by atoms with Gasteiger partial charge in [-0.25, -0.2) is 8.96 Å². The van der Waals surface area contributed by atoms with E-state index in [0.29, 0.717) is 17.8 Å². The molecule has 2 heterocycles. The maximum absolute atomic E-state index is 13.7. The molecule has 0 N–H and O–H groups in total. The summed E-state index contributed by atoms with van der Waals surface area (Å²) in [6, 6.07) is 31.9. The zero-order valence-electron chi connectivity index (χ0n) is 28.1. The summed E-state index contributed by atoms with van der Waals surface area (Å²) < 4.78 is 21.2. The van der Waals surface area contributed by atoms with Gasteiger partial charge in [0.15, 0.2) is 11.0 Å². The lowest BCUT2D eigenvalue weighted by Crippen LogP contribution is -2.30. The Bertz CT molecular complexity index is 2240. The summed E-state index contributed by atoms with van der Waals surface area (Å²) >= 11 is 1.84. The number of aryl methyl sites for hydroxylation is 2. The Labute approximate surface area is 275 Å². The molecule has 7 rings (SSSR count). The van der Waals surface area contributed by atoms with E-state index in [2.05, 4.69) is 131 Å². The van der Waals surface area contributed by atoms with E-state index in [1.807, 2.05) is 23.5 Å². The predicted molar refractivity (Wildman–Crippen MR) is 195 cm³/mol. The molecule has 0 saturated heterocycles. The van der Waals surface area contributed by atoms with Crippen LogP contribution >= 0.6 is 11.3 Å². The fourth-order valence-electron chi connectivity index (χ4n) is 7.01. The Hall–Kier alpha value is -4.28. The molecular weight excluding hydrogens is 584 g/mol. The van der Waals surface area contributed by atoms with Gasteiger partial charge in [0.1, 0.15) is 11.5 Å². The number of hydrogen-bond donors (Lipinski definition) is 0. The van der Waals surface area contributed by atoms with Crippen LogP contribution in [0.5, 0.6) is 0 Å². The Morgan fingerprint density at radius 3 is 1.96 bits per heavy atom. The number of rotatable bonds is 6. The van der Waals surface area contributed by atoms with E-state index in [4.69, 9.17) is 0 Å². The monoisotopic (exact) mass is 625 g/mol. The summed E-state index contributed by atoms with van der Waals surface area (Å²) in [7, 11) is 2.21. The van der Waals surface area contributed by atoms with Crippen molar-refractivity contribution in [1.82, 2.24) is 4.57 Å². The third kappa shape index (κ3) is 4.95. The highest BCUT2D eigenvalue weighted by atomic mass is 32.1. The summed E-state index contributed by atoms with van der Waals surface area (Å²) in [6.07, 6.45) is 0. The van der Waals surface area contributed by atoms with Crippen LogP contribution in [0.3, 0.4) is 0 Å². The molecule has 2 nitrogen and oxygen atoms in total. The second-order valence-corrected chi connectivity index (χ2v) is 14.8. The lowest BCUT2D eigenvalue weighted by atomic mass is 9.87. The highest BCUT2D eigenvalue weighted by Crippen LogP contribution is 2.42. The smallest absolute Gasteiger partial charge is 0.225 e. The Balaban J connectivity index is 1.56. The van der Waals surface area contributed by atoms with Crippen molar-refractivity contribution in [2.24, 2.45) is 7.05 Å². The van der Waals surface area contributed by atoms with Crippen LogP contribution in [-0.4, -0.2) is 4.57 Å². The zero-order valence-corrected chi connectivity index (χ0v) is 28.9. The number of benzene rings is 5. The first-order valence-corrected chi connectivity index (χ1v) is 17.3. The van der Waals surface area contributed by atoms with E-state index in [-0.39, 0.29) is 5.82 Å². The fraction of sp³-hybridized carbons (Fsp3) is 0.262. The van der Waals surface area contributed by atoms with Gasteiger partial charge in [0.05, 0.1) is 12.6 Å². The molecule has 0 aliphatic rings. The molecule has 0 bridgehead atoms. The van der Waals surface area contributed by atoms with E-state index < -0.39 is 0 Å². The van der Waals surface area contributed by atoms with Crippen LogP contribution in [0.2, 0.25) is 0 Å². The van der Waals surface area contributed by atoms with Crippen molar-refractivity contribution in [3.05, 3.63) is 119 Å². The molecular formula is C42H42FN2S+. The number of halogens is 1. The minimum Gasteiger partial charge on any atom is -0.225 e. The quantitative estimate of drug-likeness (QED) is 0.163. The van der Waals surface area contributed by atoms with Gasteiger partial charge in [-0.15, -0.1) is 11.3 Å². The number of nitrogens with zero attached hydrogens (tertiary/aromatic N) is 2. The van der Waals surface area contributed by atoms with Crippen LogP contribution in [0.4, 0.5) is 4.39 Å². The van der Waals surface area contributed by atoms with E-state index >= 15 is 0 Å². The van der Waals surface area contributed by atoms with Crippen molar-refractivity contribution in [1.29, 1.82) is 0 Å². The van der Waals surface area contributed by atoms with Gasteiger partial charge in [0.25, 0.3) is 5.82 Å². The molecule has 0 amide bonds. The van der Waals surface area contributed by atoms with Gasteiger partial charge < -0.3 is 0 Å². The lowest BCUT2D eigenvalue weighted by molar-refractivity contribution is -0.633. The third-order valence-electron chi connectivity index (χ3n) is 9.57. The van der Waals surface area contributed by atoms with Gasteiger partial charge in [-0.1, -0.05) is 84.0 Å².